The molecule has 2 saturated heterocycles. The molecule has 0 saturated carbocycles. The summed E-state index contributed by atoms with van der Waals surface area (Å²) in [5.74, 6) is -0.377. The number of Topliss-reactive ketones (excluding diaryl/α,β-unsaturated/α-hetero) is 1. The number of benzene rings is 1. The van der Waals surface area contributed by atoms with Gasteiger partial charge in [-0.25, -0.2) is 4.79 Å². The third-order valence-corrected chi connectivity index (χ3v) is 8.35. The summed E-state index contributed by atoms with van der Waals surface area (Å²) < 4.78 is 7.10. The molecule has 2 aliphatic heterocycles. The molecule has 3 amide bonds. The predicted molar refractivity (Wildman–Crippen MR) is 170 cm³/mol. The first kappa shape index (κ1) is 31.3. The number of pyridine rings is 1. The first-order chi connectivity index (χ1) is 20.8. The molecule has 2 aromatic heterocycles. The second kappa shape index (κ2) is 12.5. The summed E-state index contributed by atoms with van der Waals surface area (Å²) in [7, 11) is 0. The molecule has 3 aromatic rings. The number of rotatable bonds is 6. The zero-order valence-electron chi connectivity index (χ0n) is 26.6. The molecule has 2 fully saturated rings. The molecule has 0 bridgehead atoms. The van der Waals surface area contributed by atoms with Crippen LogP contribution in [0.15, 0.2) is 42.7 Å². The number of piperidine rings is 1. The summed E-state index contributed by atoms with van der Waals surface area (Å²) in [6, 6.07) is 9.25. The minimum atomic E-state index is -0.951. The summed E-state index contributed by atoms with van der Waals surface area (Å²) in [5.41, 5.74) is 3.47. The maximum atomic E-state index is 13.7. The van der Waals surface area contributed by atoms with Crippen LogP contribution in [0, 0.1) is 6.92 Å². The van der Waals surface area contributed by atoms with Crippen LogP contribution in [0.1, 0.15) is 69.1 Å². The highest BCUT2D eigenvalue weighted by Gasteiger charge is 2.42. The Hall–Kier alpha value is -4.09. The van der Waals surface area contributed by atoms with E-state index >= 15 is 0 Å². The van der Waals surface area contributed by atoms with Crippen LogP contribution in [0.4, 0.5) is 16.2 Å². The van der Waals surface area contributed by atoms with Gasteiger partial charge in [-0.05, 0) is 77.3 Å². The molecule has 0 aliphatic carbocycles. The Morgan fingerprint density at radius 1 is 1.05 bits per heavy atom. The number of nitrogens with one attached hydrogen (secondary N) is 2. The Balaban J connectivity index is 1.33. The normalized spacial score (nSPS) is 17.4. The zero-order chi connectivity index (χ0) is 31.6. The number of morpholine rings is 1. The summed E-state index contributed by atoms with van der Waals surface area (Å²) in [4.78, 5) is 48.3. The smallest absolute Gasteiger partial charge is 0.323 e. The fourth-order valence-electron chi connectivity index (χ4n) is 5.54. The maximum Gasteiger partial charge on any atom is 0.323 e. The highest BCUT2D eigenvalue weighted by Crippen LogP contribution is 2.30. The lowest BCUT2D eigenvalue weighted by Crippen LogP contribution is -2.56. The van der Waals surface area contributed by atoms with Gasteiger partial charge in [0.05, 0.1) is 41.9 Å². The van der Waals surface area contributed by atoms with Crippen LogP contribution in [0.3, 0.4) is 0 Å². The fourth-order valence-corrected chi connectivity index (χ4v) is 5.54. The third kappa shape index (κ3) is 6.84. The van der Waals surface area contributed by atoms with Crippen LogP contribution in [-0.4, -0.2) is 80.7 Å². The SMILES string of the molecule is Cc1ccc(NC(=O)Nc2cn(C(C)(C)C)nc2C(=O)N2CCCC(=O)C2(C)C)cc1-c1ccc(CN2CCOCC2)cn1. The van der Waals surface area contributed by atoms with Crippen molar-refractivity contribution in [3.8, 4) is 11.3 Å². The second-order valence-corrected chi connectivity index (χ2v) is 13.1. The lowest BCUT2D eigenvalue weighted by Gasteiger charge is -2.40. The molecule has 0 atom stereocenters. The van der Waals surface area contributed by atoms with Crippen LogP contribution in [0.5, 0.6) is 0 Å². The number of carbonyl (C=O) groups excluding carboxylic acids is 3. The van der Waals surface area contributed by atoms with E-state index in [-0.39, 0.29) is 23.1 Å². The number of hydrogen-bond donors (Lipinski definition) is 2. The van der Waals surface area contributed by atoms with Crippen LogP contribution in [0.2, 0.25) is 0 Å². The van der Waals surface area contributed by atoms with E-state index in [1.165, 1.54) is 0 Å². The van der Waals surface area contributed by atoms with Gasteiger partial charge in [-0.2, -0.15) is 5.10 Å². The Bertz CT molecular complexity index is 1530. The lowest BCUT2D eigenvalue weighted by atomic mass is 9.88. The number of urea groups is 1. The molecule has 0 spiro atoms. The van der Waals surface area contributed by atoms with Gasteiger partial charge in [0, 0.05) is 50.0 Å². The molecule has 234 valence electrons. The number of hydrogen-bond acceptors (Lipinski definition) is 7. The van der Waals surface area contributed by atoms with Crippen molar-refractivity contribution in [2.45, 2.75) is 72.0 Å². The van der Waals surface area contributed by atoms with Gasteiger partial charge in [-0.1, -0.05) is 12.1 Å². The van der Waals surface area contributed by atoms with Crippen molar-refractivity contribution in [2.24, 2.45) is 0 Å². The van der Waals surface area contributed by atoms with Crippen molar-refractivity contribution in [3.05, 3.63) is 59.5 Å². The van der Waals surface area contributed by atoms with Crippen molar-refractivity contribution < 1.29 is 19.1 Å². The van der Waals surface area contributed by atoms with Crippen molar-refractivity contribution >= 4 is 29.1 Å². The summed E-state index contributed by atoms with van der Waals surface area (Å²) >= 11 is 0. The van der Waals surface area contributed by atoms with Crippen LogP contribution >= 0.6 is 0 Å². The highest BCUT2D eigenvalue weighted by atomic mass is 16.5. The van der Waals surface area contributed by atoms with Gasteiger partial charge < -0.3 is 20.3 Å². The van der Waals surface area contributed by atoms with Gasteiger partial charge in [0.15, 0.2) is 11.5 Å². The van der Waals surface area contributed by atoms with Crippen molar-refractivity contribution in [2.75, 3.05) is 43.5 Å². The van der Waals surface area contributed by atoms with Crippen LogP contribution in [-0.2, 0) is 21.6 Å². The molecule has 11 nitrogen and oxygen atoms in total. The number of carbonyl (C=O) groups is 3. The Morgan fingerprint density at radius 2 is 1.80 bits per heavy atom. The number of ketones is 1. The molecule has 0 unspecified atom stereocenters. The van der Waals surface area contributed by atoms with Gasteiger partial charge >= 0.3 is 6.03 Å². The molecule has 1 aromatic carbocycles. The number of nitrogens with zero attached hydrogens (tertiary/aromatic N) is 5. The van der Waals surface area contributed by atoms with Gasteiger partial charge in [0.25, 0.3) is 5.91 Å². The van der Waals surface area contributed by atoms with Crippen molar-refractivity contribution in [3.63, 3.8) is 0 Å². The van der Waals surface area contributed by atoms with Crippen molar-refractivity contribution in [1.29, 1.82) is 0 Å². The van der Waals surface area contributed by atoms with E-state index in [1.54, 1.807) is 29.6 Å². The average Bonchev–Trinajstić information content (AvgIpc) is 3.40. The number of aryl methyl sites for hydroxylation is 1. The predicted octanol–water partition coefficient (Wildman–Crippen LogP) is 5.07. The minimum absolute atomic E-state index is 0.0102. The van der Waals surface area contributed by atoms with Gasteiger partial charge in [0.2, 0.25) is 0 Å². The van der Waals surface area contributed by atoms with E-state index in [2.05, 4.69) is 26.7 Å². The summed E-state index contributed by atoms with van der Waals surface area (Å²) in [6.45, 7) is 16.0. The van der Waals surface area contributed by atoms with E-state index < -0.39 is 17.1 Å². The van der Waals surface area contributed by atoms with Crippen molar-refractivity contribution in [1.82, 2.24) is 24.6 Å². The Kier molecular flexibility index (Phi) is 8.90. The van der Waals surface area contributed by atoms with Crippen LogP contribution < -0.4 is 10.6 Å². The topological polar surface area (TPSA) is 122 Å². The summed E-state index contributed by atoms with van der Waals surface area (Å²) in [5, 5.41) is 10.3. The highest BCUT2D eigenvalue weighted by molar-refractivity contribution is 6.07. The molecular weight excluding hydrogens is 558 g/mol. The molecule has 2 N–H and O–H groups in total. The fraction of sp³-hybridized carbons (Fsp3) is 0.485. The van der Waals surface area contributed by atoms with Gasteiger partial charge in [0.1, 0.15) is 0 Å². The maximum absolute atomic E-state index is 13.7. The molecule has 5 rings (SSSR count). The second-order valence-electron chi connectivity index (χ2n) is 13.1. The Labute approximate surface area is 259 Å². The summed E-state index contributed by atoms with van der Waals surface area (Å²) in [6.07, 6.45) is 4.60. The first-order valence-corrected chi connectivity index (χ1v) is 15.2. The molecule has 4 heterocycles. The number of ether oxygens (including phenoxy) is 1. The largest absolute Gasteiger partial charge is 0.379 e. The number of anilines is 2. The van der Waals surface area contributed by atoms with E-state index in [9.17, 15) is 14.4 Å². The molecule has 2 aliphatic rings. The molecule has 0 radical (unpaired) electrons. The standard InChI is InChI=1S/C33H43N7O4/c1-22-9-11-24(18-25(22)26-12-10-23(19-34-26)20-38-14-16-44-17-15-38)35-31(43)36-27-21-40(32(2,3)4)37-29(27)30(42)39-13-7-8-28(41)33(39,5)6/h9-12,18-19,21H,7-8,13-17,20H2,1-6H3,(H2,35,36,43). The molecular formula is C33H43N7O4. The van der Waals surface area contributed by atoms with Crippen LogP contribution in [0.25, 0.3) is 11.3 Å². The lowest BCUT2D eigenvalue weighted by molar-refractivity contribution is -0.130. The number of aromatic nitrogens is 3. The monoisotopic (exact) mass is 601 g/mol. The van der Waals surface area contributed by atoms with E-state index in [0.29, 0.717) is 25.1 Å². The third-order valence-electron chi connectivity index (χ3n) is 8.35. The number of likely N-dealkylation sites (tertiary alicyclic amines) is 1. The Morgan fingerprint density at radius 3 is 2.48 bits per heavy atom. The van der Waals surface area contributed by atoms with E-state index in [0.717, 1.165) is 55.2 Å². The first-order valence-electron chi connectivity index (χ1n) is 15.2. The number of amides is 3. The van der Waals surface area contributed by atoms with E-state index in [1.807, 2.05) is 58.2 Å². The van der Waals surface area contributed by atoms with E-state index in [4.69, 9.17) is 9.72 Å². The average molecular weight is 602 g/mol. The zero-order valence-corrected chi connectivity index (χ0v) is 26.6. The van der Waals surface area contributed by atoms with Gasteiger partial charge in [-0.15, -0.1) is 0 Å². The van der Waals surface area contributed by atoms with Gasteiger partial charge in [-0.3, -0.25) is 24.2 Å². The quantitative estimate of drug-likeness (QED) is 0.405. The minimum Gasteiger partial charge on any atom is -0.379 e. The molecule has 11 heteroatoms. The molecule has 44 heavy (non-hydrogen) atoms.